The largest absolute Gasteiger partial charge is 0.468 e. The number of nitrogens with zero attached hydrogens (tertiary/aromatic N) is 2. The lowest BCUT2D eigenvalue weighted by atomic mass is 9.86. The quantitative estimate of drug-likeness (QED) is 0.313. The van der Waals surface area contributed by atoms with Gasteiger partial charge in [-0.1, -0.05) is 28.1 Å². The number of carbonyl (C=O) groups excluding carboxylic acids is 3. The van der Waals surface area contributed by atoms with Crippen molar-refractivity contribution in [2.24, 2.45) is 11.8 Å². The molecule has 0 aromatic heterocycles. The zero-order chi connectivity index (χ0) is 21.6. The van der Waals surface area contributed by atoms with Crippen molar-refractivity contribution in [3.05, 3.63) is 68.7 Å². The average Bonchev–Trinajstić information content (AvgIpc) is 3.25. The second kappa shape index (κ2) is 7.62. The van der Waals surface area contributed by atoms with Crippen molar-refractivity contribution in [2.45, 2.75) is 12.1 Å². The standard InChI is InChI=1S/C20H16BrN3O6/c1-30-20(27)17-15-14(16(22-17)10-2-4-11(21)5-3-10)18(25)23(19(15)26)12-6-8-13(9-7-12)24(28)29/h2-9,14-17,22H,1H3/t14-,15+,16-,17-/m1/s1. The summed E-state index contributed by atoms with van der Waals surface area (Å²) in [5.74, 6) is -3.38. The topological polar surface area (TPSA) is 119 Å². The van der Waals surface area contributed by atoms with E-state index in [1.807, 2.05) is 24.3 Å². The van der Waals surface area contributed by atoms with Gasteiger partial charge in [0.2, 0.25) is 11.8 Å². The molecule has 2 saturated heterocycles. The molecule has 10 heteroatoms. The Morgan fingerprint density at radius 3 is 2.23 bits per heavy atom. The Morgan fingerprint density at radius 1 is 1.07 bits per heavy atom. The maximum atomic E-state index is 13.3. The van der Waals surface area contributed by atoms with Crippen LogP contribution >= 0.6 is 15.9 Å². The number of fused-ring (bicyclic) bond motifs is 1. The van der Waals surface area contributed by atoms with E-state index in [0.717, 1.165) is 14.9 Å². The molecule has 2 aliphatic heterocycles. The van der Waals surface area contributed by atoms with Crippen molar-refractivity contribution in [3.8, 4) is 0 Å². The molecule has 2 fully saturated rings. The van der Waals surface area contributed by atoms with Gasteiger partial charge in [-0.05, 0) is 29.8 Å². The van der Waals surface area contributed by atoms with E-state index < -0.39 is 46.6 Å². The summed E-state index contributed by atoms with van der Waals surface area (Å²) in [4.78, 5) is 50.2. The van der Waals surface area contributed by atoms with E-state index in [4.69, 9.17) is 4.74 Å². The first-order valence-corrected chi connectivity index (χ1v) is 9.84. The summed E-state index contributed by atoms with van der Waals surface area (Å²) in [5.41, 5.74) is 0.828. The highest BCUT2D eigenvalue weighted by Gasteiger charge is 2.61. The lowest BCUT2D eigenvalue weighted by Gasteiger charge is -2.22. The van der Waals surface area contributed by atoms with E-state index in [1.165, 1.54) is 31.4 Å². The van der Waals surface area contributed by atoms with Crippen molar-refractivity contribution >= 4 is 45.1 Å². The number of nitrogens with one attached hydrogen (secondary N) is 1. The Morgan fingerprint density at radius 2 is 1.67 bits per heavy atom. The molecule has 2 aromatic carbocycles. The molecule has 0 aliphatic carbocycles. The summed E-state index contributed by atoms with van der Waals surface area (Å²) in [7, 11) is 1.22. The van der Waals surface area contributed by atoms with Crippen LogP contribution < -0.4 is 10.2 Å². The Bertz CT molecular complexity index is 1040. The van der Waals surface area contributed by atoms with Crippen LogP contribution in [0.15, 0.2) is 53.0 Å². The number of amides is 2. The number of benzene rings is 2. The van der Waals surface area contributed by atoms with Crippen LogP contribution in [0.2, 0.25) is 0 Å². The Balaban J connectivity index is 1.74. The Kier molecular flexibility index (Phi) is 5.12. The maximum absolute atomic E-state index is 13.3. The number of methoxy groups -OCH3 is 1. The lowest BCUT2D eigenvalue weighted by Crippen LogP contribution is -2.43. The van der Waals surface area contributed by atoms with E-state index in [0.29, 0.717) is 0 Å². The first kappa shape index (κ1) is 20.2. The zero-order valence-electron chi connectivity index (χ0n) is 15.7. The van der Waals surface area contributed by atoms with Crippen molar-refractivity contribution < 1.29 is 24.0 Å². The summed E-state index contributed by atoms with van der Waals surface area (Å²) >= 11 is 3.36. The van der Waals surface area contributed by atoms with Crippen LogP contribution in [-0.4, -0.2) is 35.9 Å². The fourth-order valence-corrected chi connectivity index (χ4v) is 4.37. The molecular formula is C20H16BrN3O6. The number of anilines is 1. The van der Waals surface area contributed by atoms with Gasteiger partial charge in [-0.25, -0.2) is 4.90 Å². The van der Waals surface area contributed by atoms with Gasteiger partial charge in [0, 0.05) is 22.6 Å². The number of non-ortho nitro benzene ring substituents is 1. The van der Waals surface area contributed by atoms with Crippen LogP contribution in [0.5, 0.6) is 0 Å². The van der Waals surface area contributed by atoms with Crippen LogP contribution in [0, 0.1) is 22.0 Å². The van der Waals surface area contributed by atoms with Crippen LogP contribution in [0.1, 0.15) is 11.6 Å². The molecular weight excluding hydrogens is 458 g/mol. The molecule has 30 heavy (non-hydrogen) atoms. The fraction of sp³-hybridized carbons (Fsp3) is 0.250. The summed E-state index contributed by atoms with van der Waals surface area (Å²) in [5, 5.41) is 14.0. The summed E-state index contributed by atoms with van der Waals surface area (Å²) < 4.78 is 5.70. The highest BCUT2D eigenvalue weighted by atomic mass is 79.9. The SMILES string of the molecule is COC(=O)[C@@H]1N[C@H](c2ccc(Br)cc2)[C@@H]2C(=O)N(c3ccc([N+](=O)[O-])cc3)C(=O)[C@@H]21. The number of nitro groups is 1. The number of nitro benzene ring substituents is 1. The second-order valence-corrected chi connectivity index (χ2v) is 7.95. The minimum atomic E-state index is -0.979. The third-order valence-electron chi connectivity index (χ3n) is 5.48. The maximum Gasteiger partial charge on any atom is 0.323 e. The molecule has 4 atom stereocenters. The van der Waals surface area contributed by atoms with E-state index in [9.17, 15) is 24.5 Å². The van der Waals surface area contributed by atoms with Gasteiger partial charge in [-0.3, -0.25) is 29.8 Å². The van der Waals surface area contributed by atoms with Crippen molar-refractivity contribution in [2.75, 3.05) is 12.0 Å². The minimum absolute atomic E-state index is 0.153. The highest BCUT2D eigenvalue weighted by Crippen LogP contribution is 2.45. The van der Waals surface area contributed by atoms with Crippen LogP contribution in [0.25, 0.3) is 0 Å². The summed E-state index contributed by atoms with van der Waals surface area (Å²) in [6.45, 7) is 0. The Hall–Kier alpha value is -3.11. The number of halogens is 1. The smallest absolute Gasteiger partial charge is 0.323 e. The van der Waals surface area contributed by atoms with Gasteiger partial charge in [-0.2, -0.15) is 0 Å². The normalized spacial score (nSPS) is 25.3. The third-order valence-corrected chi connectivity index (χ3v) is 6.01. The van der Waals surface area contributed by atoms with Crippen molar-refractivity contribution in [1.29, 1.82) is 0 Å². The predicted molar refractivity (Wildman–Crippen MR) is 108 cm³/mol. The molecule has 154 valence electrons. The third kappa shape index (κ3) is 3.17. The van der Waals surface area contributed by atoms with Gasteiger partial charge >= 0.3 is 5.97 Å². The monoisotopic (exact) mass is 473 g/mol. The Labute approximate surface area is 179 Å². The van der Waals surface area contributed by atoms with Crippen LogP contribution in [-0.2, 0) is 19.1 Å². The number of hydrogen-bond donors (Lipinski definition) is 1. The molecule has 1 N–H and O–H groups in total. The molecule has 2 heterocycles. The number of carbonyl (C=O) groups is 3. The molecule has 2 amide bonds. The molecule has 0 bridgehead atoms. The van der Waals surface area contributed by atoms with E-state index in [1.54, 1.807) is 0 Å². The lowest BCUT2D eigenvalue weighted by molar-refractivity contribution is -0.384. The number of hydrogen-bond acceptors (Lipinski definition) is 7. The van der Waals surface area contributed by atoms with E-state index in [2.05, 4.69) is 21.2 Å². The van der Waals surface area contributed by atoms with Gasteiger partial charge in [-0.15, -0.1) is 0 Å². The fourth-order valence-electron chi connectivity index (χ4n) is 4.11. The number of esters is 1. The minimum Gasteiger partial charge on any atom is -0.468 e. The van der Waals surface area contributed by atoms with Crippen molar-refractivity contribution in [3.63, 3.8) is 0 Å². The zero-order valence-corrected chi connectivity index (χ0v) is 17.2. The molecule has 0 radical (unpaired) electrons. The summed E-state index contributed by atoms with van der Waals surface area (Å²) in [6.07, 6.45) is 0. The van der Waals surface area contributed by atoms with Gasteiger partial charge in [0.05, 0.1) is 29.6 Å². The predicted octanol–water partition coefficient (Wildman–Crippen LogP) is 2.35. The first-order valence-electron chi connectivity index (χ1n) is 9.05. The molecule has 2 aromatic rings. The number of rotatable bonds is 4. The van der Waals surface area contributed by atoms with Crippen LogP contribution in [0.4, 0.5) is 11.4 Å². The van der Waals surface area contributed by atoms with Gasteiger partial charge in [0.25, 0.3) is 5.69 Å². The van der Waals surface area contributed by atoms with E-state index >= 15 is 0 Å². The highest BCUT2D eigenvalue weighted by molar-refractivity contribution is 9.10. The van der Waals surface area contributed by atoms with Gasteiger partial charge in [0.15, 0.2) is 0 Å². The molecule has 9 nitrogen and oxygen atoms in total. The van der Waals surface area contributed by atoms with Crippen LogP contribution in [0.3, 0.4) is 0 Å². The summed E-state index contributed by atoms with van der Waals surface area (Å²) in [6, 6.07) is 10.9. The molecule has 0 spiro atoms. The molecule has 0 saturated carbocycles. The molecule has 4 rings (SSSR count). The first-order chi connectivity index (χ1) is 14.3. The van der Waals surface area contributed by atoms with Gasteiger partial charge in [0.1, 0.15) is 6.04 Å². The second-order valence-electron chi connectivity index (χ2n) is 7.03. The number of imide groups is 1. The molecule has 2 aliphatic rings. The van der Waals surface area contributed by atoms with E-state index in [-0.39, 0.29) is 11.4 Å². The molecule has 0 unspecified atom stereocenters. The average molecular weight is 474 g/mol. The van der Waals surface area contributed by atoms with Crippen molar-refractivity contribution in [1.82, 2.24) is 5.32 Å². The van der Waals surface area contributed by atoms with Gasteiger partial charge < -0.3 is 4.74 Å². The number of ether oxygens (including phenoxy) is 1.